The molecule has 0 spiro atoms. The highest BCUT2D eigenvalue weighted by Crippen LogP contribution is 2.30. The molecule has 1 aliphatic heterocycles. The molecule has 110 valence electrons. The molecule has 1 aromatic rings. The number of hydrogen-bond donors (Lipinski definition) is 2. The number of hydrogen-bond acceptors (Lipinski definition) is 8. The van der Waals surface area contributed by atoms with Crippen LogP contribution in [0.15, 0.2) is 0 Å². The molecule has 20 heavy (non-hydrogen) atoms. The maximum Gasteiger partial charge on any atom is 0.243 e. The summed E-state index contributed by atoms with van der Waals surface area (Å²) in [6, 6.07) is 0.561. The van der Waals surface area contributed by atoms with E-state index in [2.05, 4.69) is 37.1 Å². The molecule has 8 heteroatoms. The quantitative estimate of drug-likeness (QED) is 0.574. The summed E-state index contributed by atoms with van der Waals surface area (Å²) in [5.41, 5.74) is 2.54. The minimum atomic E-state index is 0.413. The van der Waals surface area contributed by atoms with Crippen LogP contribution in [0.2, 0.25) is 0 Å². The van der Waals surface area contributed by atoms with Gasteiger partial charge < -0.3 is 14.5 Å². The van der Waals surface area contributed by atoms with Crippen molar-refractivity contribution < 1.29 is 4.74 Å². The average Bonchev–Trinajstić information content (AvgIpc) is 3.33. The van der Waals surface area contributed by atoms with Gasteiger partial charge in [0, 0.05) is 25.7 Å². The smallest absolute Gasteiger partial charge is 0.243 e. The zero-order valence-electron chi connectivity index (χ0n) is 11.7. The molecule has 1 saturated heterocycles. The van der Waals surface area contributed by atoms with Gasteiger partial charge in [0.2, 0.25) is 17.8 Å². The van der Waals surface area contributed by atoms with Gasteiger partial charge in [0.15, 0.2) is 0 Å². The molecule has 0 atom stereocenters. The predicted octanol–water partition coefficient (Wildman–Crippen LogP) is -0.0175. The van der Waals surface area contributed by atoms with Crippen LogP contribution in [0.4, 0.5) is 17.8 Å². The third kappa shape index (κ3) is 2.75. The number of anilines is 3. The zero-order valence-corrected chi connectivity index (χ0v) is 11.7. The molecule has 0 unspecified atom stereocenters. The van der Waals surface area contributed by atoms with Crippen molar-refractivity contribution >= 4 is 17.8 Å². The Bertz CT molecular complexity index is 459. The minimum Gasteiger partial charge on any atom is -0.378 e. The van der Waals surface area contributed by atoms with Gasteiger partial charge in [-0.3, -0.25) is 5.43 Å². The molecular formula is C12H21N7O. The molecule has 2 fully saturated rings. The highest BCUT2D eigenvalue weighted by atomic mass is 16.5. The lowest BCUT2D eigenvalue weighted by molar-refractivity contribution is 0.122. The molecule has 1 saturated carbocycles. The SMILES string of the molecule is CCN(c1nc(NN)nc(N2CCOCC2)n1)C1CC1. The van der Waals surface area contributed by atoms with Crippen molar-refractivity contribution in [3.8, 4) is 0 Å². The molecular weight excluding hydrogens is 258 g/mol. The summed E-state index contributed by atoms with van der Waals surface area (Å²) in [4.78, 5) is 17.7. The average molecular weight is 279 g/mol. The Morgan fingerprint density at radius 2 is 2.05 bits per heavy atom. The third-order valence-electron chi connectivity index (χ3n) is 3.62. The molecule has 1 aliphatic carbocycles. The second kappa shape index (κ2) is 5.76. The van der Waals surface area contributed by atoms with Gasteiger partial charge in [0.25, 0.3) is 0 Å². The standard InChI is InChI=1S/C12H21N7O/c1-2-19(9-3-4-9)12-15-10(17-13)14-11(16-12)18-5-7-20-8-6-18/h9H,2-8,13H2,1H3,(H,14,15,16,17). The molecule has 1 aromatic heterocycles. The van der Waals surface area contributed by atoms with Crippen molar-refractivity contribution in [2.75, 3.05) is 48.1 Å². The normalized spacial score (nSPS) is 19.0. The third-order valence-corrected chi connectivity index (χ3v) is 3.62. The van der Waals surface area contributed by atoms with E-state index >= 15 is 0 Å². The van der Waals surface area contributed by atoms with Crippen molar-refractivity contribution in [3.05, 3.63) is 0 Å². The fourth-order valence-corrected chi connectivity index (χ4v) is 2.40. The number of ether oxygens (including phenoxy) is 1. The first kappa shape index (κ1) is 13.3. The van der Waals surface area contributed by atoms with Gasteiger partial charge in [0.1, 0.15) is 0 Å². The van der Waals surface area contributed by atoms with Crippen LogP contribution in [0.1, 0.15) is 19.8 Å². The summed E-state index contributed by atoms with van der Waals surface area (Å²) in [5.74, 6) is 7.28. The summed E-state index contributed by atoms with van der Waals surface area (Å²) in [7, 11) is 0. The van der Waals surface area contributed by atoms with Gasteiger partial charge in [-0.1, -0.05) is 0 Å². The van der Waals surface area contributed by atoms with Crippen molar-refractivity contribution in [1.82, 2.24) is 15.0 Å². The predicted molar refractivity (Wildman–Crippen MR) is 76.7 cm³/mol. The molecule has 0 radical (unpaired) electrons. The van der Waals surface area contributed by atoms with Crippen LogP contribution < -0.4 is 21.1 Å². The lowest BCUT2D eigenvalue weighted by Crippen LogP contribution is -2.38. The first-order valence-electron chi connectivity index (χ1n) is 7.14. The number of nitrogens with two attached hydrogens (primary N) is 1. The molecule has 3 N–H and O–H groups in total. The molecule has 2 heterocycles. The molecule has 8 nitrogen and oxygen atoms in total. The van der Waals surface area contributed by atoms with Gasteiger partial charge in [0.05, 0.1) is 13.2 Å². The summed E-state index contributed by atoms with van der Waals surface area (Å²) in [6.45, 7) is 6.00. The number of hydrazine groups is 1. The number of nitrogens with one attached hydrogen (secondary N) is 1. The van der Waals surface area contributed by atoms with Crippen molar-refractivity contribution in [3.63, 3.8) is 0 Å². The summed E-state index contributed by atoms with van der Waals surface area (Å²) >= 11 is 0. The molecule has 3 rings (SSSR count). The van der Waals surface area contributed by atoms with E-state index in [4.69, 9.17) is 10.6 Å². The second-order valence-electron chi connectivity index (χ2n) is 5.02. The largest absolute Gasteiger partial charge is 0.378 e. The Hall–Kier alpha value is -1.67. The molecule has 0 aromatic carbocycles. The van der Waals surface area contributed by atoms with Gasteiger partial charge in [-0.15, -0.1) is 0 Å². The maximum atomic E-state index is 5.49. The van der Waals surface area contributed by atoms with Gasteiger partial charge >= 0.3 is 0 Å². The summed E-state index contributed by atoms with van der Waals surface area (Å²) in [5, 5.41) is 0. The lowest BCUT2D eigenvalue weighted by Gasteiger charge is -2.28. The van der Waals surface area contributed by atoms with E-state index in [9.17, 15) is 0 Å². The van der Waals surface area contributed by atoms with Crippen LogP contribution in [0.3, 0.4) is 0 Å². The molecule has 2 aliphatic rings. The Kier molecular flexibility index (Phi) is 3.83. The zero-order chi connectivity index (χ0) is 13.9. The second-order valence-corrected chi connectivity index (χ2v) is 5.02. The Morgan fingerprint density at radius 1 is 1.30 bits per heavy atom. The first-order valence-corrected chi connectivity index (χ1v) is 7.14. The van der Waals surface area contributed by atoms with E-state index in [1.54, 1.807) is 0 Å². The van der Waals surface area contributed by atoms with Crippen LogP contribution >= 0.6 is 0 Å². The van der Waals surface area contributed by atoms with E-state index in [1.165, 1.54) is 12.8 Å². The van der Waals surface area contributed by atoms with E-state index in [-0.39, 0.29) is 0 Å². The monoisotopic (exact) mass is 279 g/mol. The van der Waals surface area contributed by atoms with Crippen molar-refractivity contribution in [1.29, 1.82) is 0 Å². The number of aromatic nitrogens is 3. The van der Waals surface area contributed by atoms with E-state index < -0.39 is 0 Å². The van der Waals surface area contributed by atoms with Crippen LogP contribution in [-0.2, 0) is 4.74 Å². The van der Waals surface area contributed by atoms with E-state index in [0.717, 1.165) is 19.6 Å². The number of nitrogens with zero attached hydrogens (tertiary/aromatic N) is 5. The van der Waals surface area contributed by atoms with Gasteiger partial charge in [-0.25, -0.2) is 5.84 Å². The number of morpholine rings is 1. The Labute approximate surface area is 118 Å². The first-order chi connectivity index (χ1) is 9.81. The molecule has 0 bridgehead atoms. The van der Waals surface area contributed by atoms with Crippen molar-refractivity contribution in [2.45, 2.75) is 25.8 Å². The van der Waals surface area contributed by atoms with Crippen LogP contribution in [0.25, 0.3) is 0 Å². The van der Waals surface area contributed by atoms with Crippen LogP contribution in [-0.4, -0.2) is 53.8 Å². The van der Waals surface area contributed by atoms with Crippen LogP contribution in [0, 0.1) is 0 Å². The number of nitrogen functional groups attached to an aromatic ring is 1. The van der Waals surface area contributed by atoms with Crippen LogP contribution in [0.5, 0.6) is 0 Å². The molecule has 0 amide bonds. The fraction of sp³-hybridized carbons (Fsp3) is 0.750. The lowest BCUT2D eigenvalue weighted by atomic mass is 10.4. The minimum absolute atomic E-state index is 0.413. The van der Waals surface area contributed by atoms with Crippen molar-refractivity contribution in [2.24, 2.45) is 5.84 Å². The van der Waals surface area contributed by atoms with E-state index in [1.807, 2.05) is 0 Å². The number of rotatable bonds is 5. The highest BCUT2D eigenvalue weighted by molar-refractivity contribution is 5.46. The topological polar surface area (TPSA) is 92.4 Å². The summed E-state index contributed by atoms with van der Waals surface area (Å²) in [6.07, 6.45) is 2.41. The van der Waals surface area contributed by atoms with E-state index in [0.29, 0.717) is 37.1 Å². The fourth-order valence-electron chi connectivity index (χ4n) is 2.40. The Balaban J connectivity index is 1.88. The van der Waals surface area contributed by atoms with Gasteiger partial charge in [-0.2, -0.15) is 15.0 Å². The summed E-state index contributed by atoms with van der Waals surface area (Å²) < 4.78 is 5.36. The maximum absolute atomic E-state index is 5.49. The van der Waals surface area contributed by atoms with Gasteiger partial charge in [-0.05, 0) is 19.8 Å². The highest BCUT2D eigenvalue weighted by Gasteiger charge is 2.30. The Morgan fingerprint density at radius 3 is 2.65 bits per heavy atom.